The Morgan fingerprint density at radius 3 is 2.81 bits per heavy atom. The molecule has 2 heterocycles. The third kappa shape index (κ3) is 2.80. The maximum atomic E-state index is 11.2. The second-order valence-electron chi connectivity index (χ2n) is 4.04. The van der Waals surface area contributed by atoms with Crippen molar-refractivity contribution in [2.24, 2.45) is 0 Å². The molecule has 1 aromatic rings. The highest BCUT2D eigenvalue weighted by Crippen LogP contribution is 2.17. The van der Waals surface area contributed by atoms with Gasteiger partial charge in [0.2, 0.25) is 0 Å². The van der Waals surface area contributed by atoms with Crippen LogP contribution >= 0.6 is 0 Å². The van der Waals surface area contributed by atoms with Crippen molar-refractivity contribution in [3.63, 3.8) is 0 Å². The summed E-state index contributed by atoms with van der Waals surface area (Å²) in [7, 11) is -0.653. The molecule has 0 radical (unpaired) electrons. The van der Waals surface area contributed by atoms with Crippen molar-refractivity contribution in [2.45, 2.75) is 13.5 Å². The third-order valence-corrected chi connectivity index (χ3v) is 4.01. The molecule has 2 rings (SSSR count). The zero-order valence-corrected chi connectivity index (χ0v) is 10.2. The number of aromatic nitrogens is 1. The largest absolute Gasteiger partial charge is 0.506 e. The fraction of sp³-hybridized carbons (Fsp3) is 0.545. The molecule has 0 bridgehead atoms. The Hall–Kier alpha value is -0.940. The van der Waals surface area contributed by atoms with Crippen molar-refractivity contribution in [1.29, 1.82) is 0 Å². The fourth-order valence-corrected chi connectivity index (χ4v) is 2.89. The molecule has 88 valence electrons. The normalized spacial score (nSPS) is 18.8. The molecule has 4 nitrogen and oxygen atoms in total. The van der Waals surface area contributed by atoms with Crippen LogP contribution in [0.3, 0.4) is 0 Å². The highest BCUT2D eigenvalue weighted by atomic mass is 32.2. The molecule has 0 aliphatic carbocycles. The van der Waals surface area contributed by atoms with Gasteiger partial charge in [-0.1, -0.05) is 0 Å². The summed E-state index contributed by atoms with van der Waals surface area (Å²) in [5.41, 5.74) is 1.63. The quantitative estimate of drug-likeness (QED) is 0.825. The average Bonchev–Trinajstić information content (AvgIpc) is 2.27. The van der Waals surface area contributed by atoms with Crippen LogP contribution in [0, 0.1) is 6.92 Å². The van der Waals surface area contributed by atoms with E-state index < -0.39 is 10.8 Å². The maximum Gasteiger partial charge on any atom is 0.138 e. The molecule has 0 aromatic carbocycles. The van der Waals surface area contributed by atoms with Crippen LogP contribution in [0.4, 0.5) is 0 Å². The Kier molecular flexibility index (Phi) is 3.56. The van der Waals surface area contributed by atoms with E-state index in [0.29, 0.717) is 12.2 Å². The number of hydrogen-bond acceptors (Lipinski definition) is 4. The first kappa shape index (κ1) is 11.5. The van der Waals surface area contributed by atoms with E-state index in [0.717, 1.165) is 30.3 Å². The average molecular weight is 240 g/mol. The summed E-state index contributed by atoms with van der Waals surface area (Å²) >= 11 is 0. The van der Waals surface area contributed by atoms with Gasteiger partial charge in [-0.2, -0.15) is 0 Å². The SMILES string of the molecule is Cc1ccc(O)c(CN2CCS(=O)CC2)n1. The van der Waals surface area contributed by atoms with Gasteiger partial charge in [0, 0.05) is 47.6 Å². The van der Waals surface area contributed by atoms with Crippen molar-refractivity contribution in [3.8, 4) is 5.75 Å². The summed E-state index contributed by atoms with van der Waals surface area (Å²) in [5, 5.41) is 9.67. The lowest BCUT2D eigenvalue weighted by atomic mass is 10.2. The second kappa shape index (κ2) is 4.93. The molecule has 16 heavy (non-hydrogen) atoms. The van der Waals surface area contributed by atoms with Gasteiger partial charge in [-0.05, 0) is 19.1 Å². The Bertz CT molecular complexity index is 399. The molecule has 0 saturated carbocycles. The van der Waals surface area contributed by atoms with Crippen LogP contribution in [-0.2, 0) is 17.3 Å². The van der Waals surface area contributed by atoms with E-state index in [1.165, 1.54) is 0 Å². The number of pyridine rings is 1. The van der Waals surface area contributed by atoms with Crippen LogP contribution in [0.1, 0.15) is 11.4 Å². The summed E-state index contributed by atoms with van der Waals surface area (Å²) in [4.78, 5) is 6.50. The van der Waals surface area contributed by atoms with Gasteiger partial charge in [0.25, 0.3) is 0 Å². The number of rotatable bonds is 2. The lowest BCUT2D eigenvalue weighted by Gasteiger charge is -2.25. The molecule has 1 fully saturated rings. The first-order valence-corrected chi connectivity index (χ1v) is 6.87. The molecule has 1 N–H and O–H groups in total. The zero-order valence-electron chi connectivity index (χ0n) is 9.35. The molecule has 1 aromatic heterocycles. The maximum absolute atomic E-state index is 11.2. The van der Waals surface area contributed by atoms with E-state index in [9.17, 15) is 9.32 Å². The van der Waals surface area contributed by atoms with Crippen molar-refractivity contribution < 1.29 is 9.32 Å². The number of nitrogens with zero attached hydrogens (tertiary/aromatic N) is 2. The summed E-state index contributed by atoms with van der Waals surface area (Å²) in [5.74, 6) is 1.70. The lowest BCUT2D eigenvalue weighted by Crippen LogP contribution is -2.37. The molecule has 0 unspecified atom stereocenters. The van der Waals surface area contributed by atoms with Crippen LogP contribution in [0.15, 0.2) is 12.1 Å². The predicted molar refractivity (Wildman–Crippen MR) is 63.8 cm³/mol. The van der Waals surface area contributed by atoms with E-state index in [1.54, 1.807) is 12.1 Å². The Morgan fingerprint density at radius 2 is 2.12 bits per heavy atom. The van der Waals surface area contributed by atoms with Crippen molar-refractivity contribution >= 4 is 10.8 Å². The standard InChI is InChI=1S/C11H16N2O2S/c1-9-2-3-11(14)10(12-9)8-13-4-6-16(15)7-5-13/h2-3,14H,4-8H2,1H3. The van der Waals surface area contributed by atoms with E-state index in [-0.39, 0.29) is 5.75 Å². The first-order valence-electron chi connectivity index (χ1n) is 5.38. The molecule has 1 aliphatic heterocycles. The van der Waals surface area contributed by atoms with Gasteiger partial charge in [-0.25, -0.2) is 0 Å². The molecule has 0 amide bonds. The molecular formula is C11H16N2O2S. The van der Waals surface area contributed by atoms with Gasteiger partial charge < -0.3 is 5.11 Å². The fourth-order valence-electron chi connectivity index (χ4n) is 1.77. The Morgan fingerprint density at radius 1 is 1.44 bits per heavy atom. The highest BCUT2D eigenvalue weighted by molar-refractivity contribution is 7.85. The zero-order chi connectivity index (χ0) is 11.5. The molecule has 1 aliphatic rings. The van der Waals surface area contributed by atoms with Gasteiger partial charge in [0.15, 0.2) is 0 Å². The van der Waals surface area contributed by atoms with Gasteiger partial charge in [-0.15, -0.1) is 0 Å². The van der Waals surface area contributed by atoms with Crippen LogP contribution in [0.25, 0.3) is 0 Å². The molecule has 1 saturated heterocycles. The van der Waals surface area contributed by atoms with E-state index >= 15 is 0 Å². The molecule has 0 spiro atoms. The molecular weight excluding hydrogens is 224 g/mol. The smallest absolute Gasteiger partial charge is 0.138 e. The minimum absolute atomic E-state index is 0.247. The van der Waals surface area contributed by atoms with Crippen molar-refractivity contribution in [2.75, 3.05) is 24.6 Å². The Balaban J connectivity index is 2.03. The number of aromatic hydroxyl groups is 1. The minimum atomic E-state index is -0.653. The summed E-state index contributed by atoms with van der Waals surface area (Å²) in [6.07, 6.45) is 0. The summed E-state index contributed by atoms with van der Waals surface area (Å²) in [6, 6.07) is 3.48. The number of aryl methyl sites for hydroxylation is 1. The van der Waals surface area contributed by atoms with Crippen molar-refractivity contribution in [3.05, 3.63) is 23.5 Å². The van der Waals surface area contributed by atoms with Crippen LogP contribution in [-0.4, -0.2) is 43.8 Å². The first-order chi connectivity index (χ1) is 7.65. The van der Waals surface area contributed by atoms with Gasteiger partial charge in [-0.3, -0.25) is 14.1 Å². The summed E-state index contributed by atoms with van der Waals surface area (Å²) < 4.78 is 11.2. The molecule has 0 atom stereocenters. The predicted octanol–water partition coefficient (Wildman–Crippen LogP) is 0.660. The van der Waals surface area contributed by atoms with Crippen LogP contribution in [0.5, 0.6) is 5.75 Å². The van der Waals surface area contributed by atoms with E-state index in [1.807, 2.05) is 6.92 Å². The van der Waals surface area contributed by atoms with Gasteiger partial charge in [0.1, 0.15) is 5.75 Å². The molecule has 5 heteroatoms. The summed E-state index contributed by atoms with van der Waals surface area (Å²) in [6.45, 7) is 4.20. The van der Waals surface area contributed by atoms with Gasteiger partial charge in [0.05, 0.1) is 5.69 Å². The van der Waals surface area contributed by atoms with Crippen LogP contribution < -0.4 is 0 Å². The second-order valence-corrected chi connectivity index (χ2v) is 5.74. The van der Waals surface area contributed by atoms with E-state index in [2.05, 4.69) is 9.88 Å². The topological polar surface area (TPSA) is 53.4 Å². The van der Waals surface area contributed by atoms with Gasteiger partial charge >= 0.3 is 0 Å². The van der Waals surface area contributed by atoms with Crippen LogP contribution in [0.2, 0.25) is 0 Å². The Labute approximate surface area is 97.8 Å². The van der Waals surface area contributed by atoms with E-state index in [4.69, 9.17) is 0 Å². The monoisotopic (exact) mass is 240 g/mol. The minimum Gasteiger partial charge on any atom is -0.506 e. The van der Waals surface area contributed by atoms with Crippen molar-refractivity contribution in [1.82, 2.24) is 9.88 Å². The highest BCUT2D eigenvalue weighted by Gasteiger charge is 2.16. The third-order valence-electron chi connectivity index (χ3n) is 2.73. The lowest BCUT2D eigenvalue weighted by molar-refractivity contribution is 0.282. The number of hydrogen-bond donors (Lipinski definition) is 1.